The number of hydrogen-bond acceptors (Lipinski definition) is 3. The third-order valence-electron chi connectivity index (χ3n) is 4.34. The molecular formula is C17H21NO3. The number of fused-ring (bicyclic) bond motifs is 1. The lowest BCUT2D eigenvalue weighted by Gasteiger charge is -2.30. The normalized spacial score (nSPS) is 16.4. The van der Waals surface area contributed by atoms with Crippen molar-refractivity contribution in [3.8, 4) is 5.75 Å². The van der Waals surface area contributed by atoms with E-state index in [0.29, 0.717) is 6.42 Å². The molecule has 1 saturated heterocycles. The summed E-state index contributed by atoms with van der Waals surface area (Å²) in [5.74, 6) is 1.69. The maximum Gasteiger partial charge on any atom is 0.227 e. The van der Waals surface area contributed by atoms with Crippen LogP contribution in [-0.2, 0) is 11.2 Å². The molecule has 0 radical (unpaired) electrons. The summed E-state index contributed by atoms with van der Waals surface area (Å²) < 4.78 is 10.7. The Hall–Kier alpha value is -1.97. The smallest absolute Gasteiger partial charge is 0.227 e. The lowest BCUT2D eigenvalue weighted by atomic mass is 9.98. The van der Waals surface area contributed by atoms with E-state index < -0.39 is 0 Å². The number of hydrogen-bond donors (Lipinski definition) is 0. The van der Waals surface area contributed by atoms with Gasteiger partial charge in [-0.3, -0.25) is 4.79 Å². The number of carbonyl (C=O) groups excluding carboxylic acids is 1. The molecule has 0 N–H and O–H groups in total. The van der Waals surface area contributed by atoms with E-state index in [1.807, 2.05) is 23.1 Å². The van der Waals surface area contributed by atoms with Crippen molar-refractivity contribution < 1.29 is 13.9 Å². The number of methoxy groups -OCH3 is 1. The molecule has 0 saturated carbocycles. The number of nitrogens with zero attached hydrogens (tertiary/aromatic N) is 1. The van der Waals surface area contributed by atoms with Gasteiger partial charge < -0.3 is 14.1 Å². The maximum absolute atomic E-state index is 12.4. The van der Waals surface area contributed by atoms with Crippen LogP contribution in [0.25, 0.3) is 11.0 Å². The second-order valence-electron chi connectivity index (χ2n) is 5.86. The molecule has 3 rings (SSSR count). The highest BCUT2D eigenvalue weighted by molar-refractivity contribution is 5.88. The number of likely N-dealkylation sites (tertiary alicyclic amines) is 1. The molecule has 0 aliphatic carbocycles. The van der Waals surface area contributed by atoms with Gasteiger partial charge in [0.25, 0.3) is 0 Å². The highest BCUT2D eigenvalue weighted by Crippen LogP contribution is 2.26. The molecule has 1 amide bonds. The first-order valence-electron chi connectivity index (χ1n) is 7.49. The van der Waals surface area contributed by atoms with E-state index in [2.05, 4.69) is 6.92 Å². The van der Waals surface area contributed by atoms with Gasteiger partial charge >= 0.3 is 0 Å². The summed E-state index contributed by atoms with van der Waals surface area (Å²) >= 11 is 0. The van der Waals surface area contributed by atoms with E-state index in [0.717, 1.165) is 54.1 Å². The first kappa shape index (κ1) is 14.0. The Morgan fingerprint density at radius 3 is 2.86 bits per heavy atom. The zero-order chi connectivity index (χ0) is 14.8. The summed E-state index contributed by atoms with van der Waals surface area (Å²) in [6.07, 6.45) is 4.31. The number of carbonyl (C=O) groups is 1. The molecule has 1 fully saturated rings. The van der Waals surface area contributed by atoms with Crippen molar-refractivity contribution in [1.29, 1.82) is 0 Å². The van der Waals surface area contributed by atoms with Gasteiger partial charge in [-0.1, -0.05) is 6.92 Å². The molecule has 1 aromatic heterocycles. The quantitative estimate of drug-likeness (QED) is 0.870. The molecule has 1 aromatic carbocycles. The van der Waals surface area contributed by atoms with E-state index in [1.54, 1.807) is 13.4 Å². The van der Waals surface area contributed by atoms with E-state index in [-0.39, 0.29) is 5.91 Å². The molecule has 0 atom stereocenters. The van der Waals surface area contributed by atoms with E-state index >= 15 is 0 Å². The van der Waals surface area contributed by atoms with Crippen molar-refractivity contribution in [3.05, 3.63) is 30.0 Å². The largest absolute Gasteiger partial charge is 0.497 e. The number of piperidine rings is 1. The monoisotopic (exact) mass is 287 g/mol. The molecule has 21 heavy (non-hydrogen) atoms. The molecule has 0 spiro atoms. The van der Waals surface area contributed by atoms with Gasteiger partial charge in [0.15, 0.2) is 0 Å². The lowest BCUT2D eigenvalue weighted by Crippen LogP contribution is -2.38. The molecule has 2 heterocycles. The molecule has 4 heteroatoms. The van der Waals surface area contributed by atoms with E-state index in [4.69, 9.17) is 9.15 Å². The van der Waals surface area contributed by atoms with Crippen molar-refractivity contribution in [1.82, 2.24) is 4.90 Å². The number of ether oxygens (including phenoxy) is 1. The van der Waals surface area contributed by atoms with Crippen molar-refractivity contribution in [2.75, 3.05) is 20.2 Å². The van der Waals surface area contributed by atoms with Gasteiger partial charge in [0.2, 0.25) is 5.91 Å². The van der Waals surface area contributed by atoms with Crippen LogP contribution in [0.4, 0.5) is 0 Å². The van der Waals surface area contributed by atoms with Crippen LogP contribution in [0, 0.1) is 5.92 Å². The van der Waals surface area contributed by atoms with Gasteiger partial charge in [-0.2, -0.15) is 0 Å². The first-order chi connectivity index (χ1) is 10.2. The zero-order valence-corrected chi connectivity index (χ0v) is 12.6. The van der Waals surface area contributed by atoms with Crippen LogP contribution in [0.2, 0.25) is 0 Å². The van der Waals surface area contributed by atoms with Crippen LogP contribution >= 0.6 is 0 Å². The maximum atomic E-state index is 12.4. The van der Waals surface area contributed by atoms with Crippen molar-refractivity contribution in [3.63, 3.8) is 0 Å². The van der Waals surface area contributed by atoms with Crippen molar-refractivity contribution in [2.24, 2.45) is 5.92 Å². The van der Waals surface area contributed by atoms with Gasteiger partial charge in [0.1, 0.15) is 11.3 Å². The second kappa shape index (κ2) is 5.80. The number of furan rings is 1. The summed E-state index contributed by atoms with van der Waals surface area (Å²) in [6, 6.07) is 5.71. The number of rotatable bonds is 3. The summed E-state index contributed by atoms with van der Waals surface area (Å²) in [5, 5.41) is 0.995. The Bertz CT molecular complexity index is 639. The van der Waals surface area contributed by atoms with Gasteiger partial charge in [0.05, 0.1) is 19.8 Å². The zero-order valence-electron chi connectivity index (χ0n) is 12.6. The highest BCUT2D eigenvalue weighted by Gasteiger charge is 2.21. The summed E-state index contributed by atoms with van der Waals surface area (Å²) in [7, 11) is 1.63. The molecule has 4 nitrogen and oxygen atoms in total. The molecule has 0 unspecified atom stereocenters. The van der Waals surface area contributed by atoms with E-state index in [9.17, 15) is 4.79 Å². The van der Waals surface area contributed by atoms with Crippen LogP contribution < -0.4 is 4.74 Å². The van der Waals surface area contributed by atoms with E-state index in [1.165, 1.54) is 0 Å². The SMILES string of the molecule is COc1ccc2c(CC(=O)N3CCC(C)CC3)coc2c1. The standard InChI is InChI=1S/C17H21NO3/c1-12-5-7-18(8-6-12)17(19)9-13-11-21-16-10-14(20-2)3-4-15(13)16/h3-4,10-12H,5-9H2,1-2H3. The minimum absolute atomic E-state index is 0.195. The average molecular weight is 287 g/mol. The van der Waals surface area contributed by atoms with Gasteiger partial charge in [-0.05, 0) is 30.9 Å². The Kier molecular flexibility index (Phi) is 3.86. The van der Waals surface area contributed by atoms with Crippen LogP contribution in [0.5, 0.6) is 5.75 Å². The van der Waals surface area contributed by atoms with Gasteiger partial charge in [-0.25, -0.2) is 0 Å². The van der Waals surface area contributed by atoms with Crippen LogP contribution in [0.3, 0.4) is 0 Å². The second-order valence-corrected chi connectivity index (χ2v) is 5.86. The molecule has 1 aliphatic heterocycles. The minimum atomic E-state index is 0.195. The molecule has 2 aromatic rings. The molecule has 0 bridgehead atoms. The summed E-state index contributed by atoms with van der Waals surface area (Å²) in [5.41, 5.74) is 1.72. The Labute approximate surface area is 124 Å². The number of amides is 1. The van der Waals surface area contributed by atoms with Gasteiger partial charge in [0, 0.05) is 30.1 Å². The van der Waals surface area contributed by atoms with Gasteiger partial charge in [-0.15, -0.1) is 0 Å². The summed E-state index contributed by atoms with van der Waals surface area (Å²) in [6.45, 7) is 4.01. The number of benzene rings is 1. The minimum Gasteiger partial charge on any atom is -0.497 e. The lowest BCUT2D eigenvalue weighted by molar-refractivity contribution is -0.131. The third kappa shape index (κ3) is 2.89. The predicted molar refractivity (Wildman–Crippen MR) is 81.4 cm³/mol. The fourth-order valence-electron chi connectivity index (χ4n) is 2.86. The Morgan fingerprint density at radius 1 is 1.38 bits per heavy atom. The van der Waals surface area contributed by atoms with Crippen LogP contribution in [-0.4, -0.2) is 31.0 Å². The van der Waals surface area contributed by atoms with Crippen molar-refractivity contribution >= 4 is 16.9 Å². The predicted octanol–water partition coefficient (Wildman–Crippen LogP) is 3.24. The topological polar surface area (TPSA) is 42.7 Å². The van der Waals surface area contributed by atoms with Crippen LogP contribution in [0.1, 0.15) is 25.3 Å². The third-order valence-corrected chi connectivity index (χ3v) is 4.34. The molecule has 1 aliphatic rings. The fraction of sp³-hybridized carbons (Fsp3) is 0.471. The first-order valence-corrected chi connectivity index (χ1v) is 7.49. The fourth-order valence-corrected chi connectivity index (χ4v) is 2.86. The highest BCUT2D eigenvalue weighted by atomic mass is 16.5. The average Bonchev–Trinajstić information content (AvgIpc) is 2.90. The molecule has 112 valence electrons. The Morgan fingerprint density at radius 2 is 2.14 bits per heavy atom. The summed E-state index contributed by atoms with van der Waals surface area (Å²) in [4.78, 5) is 14.4. The Balaban J connectivity index is 1.74. The van der Waals surface area contributed by atoms with Crippen molar-refractivity contribution in [2.45, 2.75) is 26.2 Å². The molecular weight excluding hydrogens is 266 g/mol. The van der Waals surface area contributed by atoms with Crippen LogP contribution in [0.15, 0.2) is 28.9 Å².